The van der Waals surface area contributed by atoms with Crippen LogP contribution >= 0.6 is 11.3 Å². The van der Waals surface area contributed by atoms with Gasteiger partial charge in [0.05, 0.1) is 41.6 Å². The largest absolute Gasteiger partial charge is 0.394 e. The van der Waals surface area contributed by atoms with Crippen LogP contribution in [-0.4, -0.2) is 66.8 Å². The maximum atomic E-state index is 13.1. The van der Waals surface area contributed by atoms with Crippen molar-refractivity contribution in [2.75, 3.05) is 31.2 Å². The van der Waals surface area contributed by atoms with Crippen molar-refractivity contribution < 1.29 is 22.8 Å². The lowest BCUT2D eigenvalue weighted by atomic mass is 10.2. The van der Waals surface area contributed by atoms with Gasteiger partial charge in [0.1, 0.15) is 11.0 Å². The topological polar surface area (TPSA) is 105 Å². The average Bonchev–Trinajstić information content (AvgIpc) is 3.19. The molecule has 0 amide bonds. The normalized spacial score (nSPS) is 21.4. The van der Waals surface area contributed by atoms with E-state index in [0.29, 0.717) is 35.9 Å². The van der Waals surface area contributed by atoms with Crippen molar-refractivity contribution in [2.24, 2.45) is 0 Å². The van der Waals surface area contributed by atoms with Gasteiger partial charge in [0, 0.05) is 24.8 Å². The number of aliphatic hydroxyl groups excluding tert-OH is 1. The van der Waals surface area contributed by atoms with Crippen molar-refractivity contribution in [3.63, 3.8) is 0 Å². The van der Waals surface area contributed by atoms with E-state index in [9.17, 15) is 18.1 Å². The fourth-order valence-electron chi connectivity index (χ4n) is 3.60. The Morgan fingerprint density at radius 1 is 1.44 bits per heavy atom. The first-order valence-electron chi connectivity index (χ1n) is 10.2. The van der Waals surface area contributed by atoms with E-state index in [-0.39, 0.29) is 28.3 Å². The van der Waals surface area contributed by atoms with E-state index in [0.717, 1.165) is 29.9 Å². The molecule has 2 aliphatic rings. The van der Waals surface area contributed by atoms with E-state index in [1.165, 1.54) is 0 Å². The third-order valence-electron chi connectivity index (χ3n) is 5.65. The molecule has 172 valence electrons. The lowest BCUT2D eigenvalue weighted by molar-refractivity contribution is 0.00361. The smallest absolute Gasteiger partial charge is 0.291 e. The highest BCUT2D eigenvalue weighted by molar-refractivity contribution is 7.83. The van der Waals surface area contributed by atoms with Crippen molar-refractivity contribution in [2.45, 2.75) is 42.7 Å². The molecule has 5 rings (SSSR count). The van der Waals surface area contributed by atoms with Gasteiger partial charge in [0.2, 0.25) is 0 Å². The lowest BCUT2D eigenvalue weighted by Gasteiger charge is -2.34. The van der Waals surface area contributed by atoms with Crippen molar-refractivity contribution in [1.29, 1.82) is 0 Å². The van der Waals surface area contributed by atoms with Gasteiger partial charge in [-0.15, -0.1) is 10.2 Å². The minimum atomic E-state index is -2.71. The fourth-order valence-corrected chi connectivity index (χ4v) is 5.48. The number of aromatic nitrogens is 4. The van der Waals surface area contributed by atoms with Crippen LogP contribution in [0.25, 0.3) is 16.3 Å². The number of halogens is 2. The second kappa shape index (κ2) is 8.37. The molecule has 1 saturated carbocycles. The molecule has 0 spiro atoms. The summed E-state index contributed by atoms with van der Waals surface area (Å²) in [6.45, 7) is 3.40. The first-order chi connectivity index (χ1) is 15.4. The predicted molar refractivity (Wildman–Crippen MR) is 115 cm³/mol. The number of aliphatic hydroxyl groups is 1. The van der Waals surface area contributed by atoms with Gasteiger partial charge in [0.25, 0.3) is 6.43 Å². The zero-order chi connectivity index (χ0) is 22.5. The Morgan fingerprint density at radius 2 is 2.25 bits per heavy atom. The molecule has 13 heteroatoms. The highest BCUT2D eigenvalue weighted by Gasteiger charge is 2.39. The van der Waals surface area contributed by atoms with Gasteiger partial charge >= 0.3 is 0 Å². The summed E-state index contributed by atoms with van der Waals surface area (Å²) < 4.78 is 49.7. The Balaban J connectivity index is 1.60. The first kappa shape index (κ1) is 21.8. The van der Waals surface area contributed by atoms with Gasteiger partial charge < -0.3 is 14.7 Å². The van der Waals surface area contributed by atoms with Gasteiger partial charge in [0.15, 0.2) is 15.8 Å². The second-order valence-corrected chi connectivity index (χ2v) is 10.4. The number of rotatable bonds is 7. The maximum Gasteiger partial charge on any atom is 0.291 e. The van der Waals surface area contributed by atoms with Crippen molar-refractivity contribution in [3.05, 3.63) is 23.5 Å². The minimum Gasteiger partial charge on any atom is -0.394 e. The molecular weight excluding hydrogens is 462 g/mol. The summed E-state index contributed by atoms with van der Waals surface area (Å²) in [4.78, 5) is 7.00. The first-order valence-corrected chi connectivity index (χ1v) is 12.1. The zero-order valence-corrected chi connectivity index (χ0v) is 18.8. The summed E-state index contributed by atoms with van der Waals surface area (Å²) in [5, 5.41) is 16.9. The van der Waals surface area contributed by atoms with Crippen LogP contribution in [0.1, 0.15) is 31.2 Å². The highest BCUT2D eigenvalue weighted by atomic mass is 32.2. The average molecular weight is 485 g/mol. The lowest BCUT2D eigenvalue weighted by Crippen LogP contribution is -2.44. The Kier molecular flexibility index (Phi) is 5.70. The van der Waals surface area contributed by atoms with Crippen LogP contribution in [0.3, 0.4) is 0 Å². The van der Waals surface area contributed by atoms with Crippen LogP contribution in [-0.2, 0) is 15.7 Å². The summed E-state index contributed by atoms with van der Waals surface area (Å²) in [5.74, 6) is 0.356. The highest BCUT2D eigenvalue weighted by Crippen LogP contribution is 2.37. The van der Waals surface area contributed by atoms with Gasteiger partial charge in [-0.2, -0.15) is 0 Å². The molecule has 0 radical (unpaired) electrons. The molecule has 2 atom stereocenters. The van der Waals surface area contributed by atoms with Crippen molar-refractivity contribution in [1.82, 2.24) is 24.3 Å². The van der Waals surface area contributed by atoms with Gasteiger partial charge in [-0.3, -0.25) is 4.40 Å². The predicted octanol–water partition coefficient (Wildman–Crippen LogP) is 2.15. The molecule has 0 bridgehead atoms. The maximum absolute atomic E-state index is 13.1. The quantitative estimate of drug-likeness (QED) is 0.530. The van der Waals surface area contributed by atoms with E-state index in [2.05, 4.69) is 24.8 Å². The number of ether oxygens (including phenoxy) is 1. The van der Waals surface area contributed by atoms with Crippen LogP contribution < -0.4 is 9.62 Å². The summed E-state index contributed by atoms with van der Waals surface area (Å²) in [5.41, 5.74) is 1.34. The molecular formula is C19H22F2N6O3S2. The molecule has 1 saturated heterocycles. The van der Waals surface area contributed by atoms with E-state index >= 15 is 0 Å². The molecule has 1 aliphatic heterocycles. The SMILES string of the molecule is CC1(NS(=O)c2cc(N3CCOC(CO)C3)c3cnc(-c4nnc(C(F)F)s4)n3c2)CC1. The number of nitrogens with one attached hydrogen (secondary N) is 1. The van der Waals surface area contributed by atoms with Crippen molar-refractivity contribution in [3.8, 4) is 10.8 Å². The number of morpholine rings is 1. The van der Waals surface area contributed by atoms with E-state index in [4.69, 9.17) is 4.74 Å². The van der Waals surface area contributed by atoms with Gasteiger partial charge in [-0.05, 0) is 25.8 Å². The number of alkyl halides is 2. The standard InChI is InChI=1S/C19H22F2N6O3S2/c1-19(2-3-19)25-32(29)12-6-13(26-4-5-30-11(8-26)10-28)14-7-22-16(27(14)9-12)18-24-23-17(31-18)15(20)21/h6-7,9,11,15,25,28H,2-5,8,10H2,1H3. The van der Waals surface area contributed by atoms with Gasteiger partial charge in [-0.1, -0.05) is 11.3 Å². The summed E-state index contributed by atoms with van der Waals surface area (Å²) in [7, 11) is -1.48. The summed E-state index contributed by atoms with van der Waals surface area (Å²) >= 11 is 0.780. The molecule has 4 heterocycles. The van der Waals surface area contributed by atoms with Crippen LogP contribution in [0.5, 0.6) is 0 Å². The van der Waals surface area contributed by atoms with Crippen LogP contribution in [0.4, 0.5) is 14.5 Å². The van der Waals surface area contributed by atoms with Crippen LogP contribution in [0.15, 0.2) is 23.4 Å². The van der Waals surface area contributed by atoms with E-state index < -0.39 is 17.4 Å². The number of nitrogens with zero attached hydrogens (tertiary/aromatic N) is 5. The van der Waals surface area contributed by atoms with E-state index in [1.807, 2.05) is 13.0 Å². The number of hydrogen-bond acceptors (Lipinski definition) is 8. The molecule has 32 heavy (non-hydrogen) atoms. The fraction of sp³-hybridized carbons (Fsp3) is 0.526. The molecule has 0 aromatic carbocycles. The molecule has 2 fully saturated rings. The Labute approximate surface area is 189 Å². The third kappa shape index (κ3) is 4.15. The Morgan fingerprint density at radius 3 is 2.94 bits per heavy atom. The molecule has 9 nitrogen and oxygen atoms in total. The summed E-state index contributed by atoms with van der Waals surface area (Å²) in [6.07, 6.45) is 2.20. The monoisotopic (exact) mass is 484 g/mol. The summed E-state index contributed by atoms with van der Waals surface area (Å²) in [6, 6.07) is 1.85. The molecule has 2 N–H and O–H groups in total. The minimum absolute atomic E-state index is 0.107. The Hall–Kier alpha value is -2.06. The van der Waals surface area contributed by atoms with Crippen molar-refractivity contribution >= 4 is 33.5 Å². The third-order valence-corrected chi connectivity index (χ3v) is 7.91. The zero-order valence-electron chi connectivity index (χ0n) is 17.2. The number of pyridine rings is 1. The number of imidazole rings is 1. The number of hydrogen-bond donors (Lipinski definition) is 2. The molecule has 2 unspecified atom stereocenters. The second-order valence-electron chi connectivity index (χ2n) is 8.20. The molecule has 3 aromatic heterocycles. The Bertz CT molecular complexity index is 1170. The van der Waals surface area contributed by atoms with E-state index in [1.54, 1.807) is 16.8 Å². The molecule has 3 aromatic rings. The van der Waals surface area contributed by atoms with Crippen LogP contribution in [0, 0.1) is 0 Å². The van der Waals surface area contributed by atoms with Crippen LogP contribution in [0.2, 0.25) is 0 Å². The number of fused-ring (bicyclic) bond motifs is 1. The molecule has 1 aliphatic carbocycles. The van der Waals surface area contributed by atoms with Gasteiger partial charge in [-0.25, -0.2) is 22.7 Å². The number of anilines is 1.